The molecule has 18 heavy (non-hydrogen) atoms. The van der Waals surface area contributed by atoms with Crippen molar-refractivity contribution >= 4 is 5.97 Å². The lowest BCUT2D eigenvalue weighted by atomic mass is 9.65. The summed E-state index contributed by atoms with van der Waals surface area (Å²) >= 11 is 0. The predicted molar refractivity (Wildman–Crippen MR) is 72.3 cm³/mol. The first-order valence-corrected chi connectivity index (χ1v) is 7.16. The highest BCUT2D eigenvalue weighted by Crippen LogP contribution is 2.71. The van der Waals surface area contributed by atoms with Gasteiger partial charge in [0.2, 0.25) is 0 Å². The first-order chi connectivity index (χ1) is 8.27. The van der Waals surface area contributed by atoms with Gasteiger partial charge in [-0.25, -0.2) is 0 Å². The topological polar surface area (TPSA) is 38.3 Å². The fraction of sp³-hybridized carbons (Fsp3) is 0.933. The van der Waals surface area contributed by atoms with Crippen LogP contribution in [-0.2, 0) is 9.53 Å². The molecule has 2 aliphatic carbocycles. The van der Waals surface area contributed by atoms with E-state index in [1.54, 1.807) is 0 Å². The number of nitrogens with one attached hydrogen (secondary N) is 1. The molecule has 0 spiro atoms. The van der Waals surface area contributed by atoms with Crippen LogP contribution in [0.5, 0.6) is 0 Å². The third kappa shape index (κ3) is 1.70. The lowest BCUT2D eigenvalue weighted by molar-refractivity contribution is -0.142. The minimum atomic E-state index is -0.133. The maximum absolute atomic E-state index is 11.5. The van der Waals surface area contributed by atoms with Crippen molar-refractivity contribution in [3.63, 3.8) is 0 Å². The first-order valence-electron chi connectivity index (χ1n) is 7.16. The van der Waals surface area contributed by atoms with Crippen LogP contribution in [0.15, 0.2) is 0 Å². The summed E-state index contributed by atoms with van der Waals surface area (Å²) in [6.45, 7) is 12.2. The van der Waals surface area contributed by atoms with Crippen LogP contribution in [0, 0.1) is 16.2 Å². The number of ether oxygens (including phenoxy) is 1. The molecule has 0 aromatic carbocycles. The number of rotatable bonds is 4. The summed E-state index contributed by atoms with van der Waals surface area (Å²) in [5.41, 5.74) is 1.05. The van der Waals surface area contributed by atoms with Crippen molar-refractivity contribution in [1.29, 1.82) is 0 Å². The monoisotopic (exact) mass is 253 g/mol. The number of esters is 1. The summed E-state index contributed by atoms with van der Waals surface area (Å²) < 4.78 is 4.99. The van der Waals surface area contributed by atoms with Crippen molar-refractivity contribution in [2.45, 2.75) is 59.9 Å². The zero-order valence-corrected chi connectivity index (χ0v) is 12.4. The summed E-state index contributed by atoms with van der Waals surface area (Å²) in [4.78, 5) is 11.5. The van der Waals surface area contributed by atoms with Gasteiger partial charge < -0.3 is 10.1 Å². The maximum atomic E-state index is 11.5. The van der Waals surface area contributed by atoms with Gasteiger partial charge in [0.15, 0.2) is 0 Å². The van der Waals surface area contributed by atoms with Gasteiger partial charge in [0.1, 0.15) is 0 Å². The Morgan fingerprint density at radius 1 is 1.28 bits per heavy atom. The molecule has 2 aliphatic rings. The molecule has 0 amide bonds. The Bertz CT molecular complexity index is 352. The summed E-state index contributed by atoms with van der Waals surface area (Å²) in [6, 6.07) is 0.440. The number of hydrogen-bond donors (Lipinski definition) is 1. The van der Waals surface area contributed by atoms with Gasteiger partial charge in [0.05, 0.1) is 13.2 Å². The summed E-state index contributed by atoms with van der Waals surface area (Å²) in [7, 11) is 0. The normalized spacial score (nSPS) is 41.1. The quantitative estimate of drug-likeness (QED) is 0.783. The molecule has 2 fully saturated rings. The number of fused-ring (bicyclic) bond motifs is 2. The molecule has 104 valence electrons. The first kappa shape index (κ1) is 13.9. The van der Waals surface area contributed by atoms with Crippen LogP contribution in [0.25, 0.3) is 0 Å². The molecule has 0 aliphatic heterocycles. The van der Waals surface area contributed by atoms with Gasteiger partial charge >= 0.3 is 5.97 Å². The second-order valence-corrected chi connectivity index (χ2v) is 7.05. The highest BCUT2D eigenvalue weighted by Gasteiger charge is 2.66. The SMILES string of the molecule is CCOC(=O)CN[C@@H]1C[C@@]2(C)CC[C@]1(C)C2(C)C. The van der Waals surface area contributed by atoms with Crippen molar-refractivity contribution in [3.8, 4) is 0 Å². The molecule has 0 aromatic rings. The van der Waals surface area contributed by atoms with Crippen LogP contribution < -0.4 is 5.32 Å². The largest absolute Gasteiger partial charge is 0.465 e. The van der Waals surface area contributed by atoms with Crippen LogP contribution in [0.3, 0.4) is 0 Å². The fourth-order valence-corrected chi connectivity index (χ4v) is 4.21. The van der Waals surface area contributed by atoms with Crippen molar-refractivity contribution < 1.29 is 9.53 Å². The molecular weight excluding hydrogens is 226 g/mol. The van der Waals surface area contributed by atoms with E-state index in [1.807, 2.05) is 6.92 Å². The van der Waals surface area contributed by atoms with Crippen molar-refractivity contribution in [3.05, 3.63) is 0 Å². The van der Waals surface area contributed by atoms with E-state index in [1.165, 1.54) is 19.3 Å². The molecule has 2 rings (SSSR count). The number of carbonyl (C=O) groups is 1. The van der Waals surface area contributed by atoms with Gasteiger partial charge in [-0.3, -0.25) is 4.79 Å². The van der Waals surface area contributed by atoms with Gasteiger partial charge in [0.25, 0.3) is 0 Å². The second-order valence-electron chi connectivity index (χ2n) is 7.05. The Morgan fingerprint density at radius 3 is 2.39 bits per heavy atom. The van der Waals surface area contributed by atoms with Gasteiger partial charge in [-0.15, -0.1) is 0 Å². The predicted octanol–water partition coefficient (Wildman–Crippen LogP) is 2.74. The fourth-order valence-electron chi connectivity index (χ4n) is 4.21. The van der Waals surface area contributed by atoms with Gasteiger partial charge in [-0.1, -0.05) is 27.7 Å². The van der Waals surface area contributed by atoms with Gasteiger partial charge in [-0.2, -0.15) is 0 Å². The number of carbonyl (C=O) groups excluding carboxylic acids is 1. The second kappa shape index (κ2) is 4.22. The third-order valence-corrected chi connectivity index (χ3v) is 6.35. The summed E-state index contributed by atoms with van der Waals surface area (Å²) in [6.07, 6.45) is 3.75. The lowest BCUT2D eigenvalue weighted by Crippen LogP contribution is -2.46. The van der Waals surface area contributed by atoms with E-state index in [9.17, 15) is 4.79 Å². The molecule has 2 saturated carbocycles. The van der Waals surface area contributed by atoms with E-state index >= 15 is 0 Å². The lowest BCUT2D eigenvalue weighted by Gasteiger charge is -2.40. The zero-order chi connectivity index (χ0) is 13.6. The standard InChI is InChI=1S/C15H27NO2/c1-6-18-12(17)10-16-11-9-14(4)7-8-15(11,5)13(14,2)3/h11,16H,6-10H2,1-5H3/t11-,14-,15+/m1/s1. The molecule has 3 heteroatoms. The summed E-state index contributed by atoms with van der Waals surface area (Å²) in [5, 5.41) is 3.44. The average Bonchev–Trinajstić information content (AvgIpc) is 2.55. The van der Waals surface area contributed by atoms with E-state index in [2.05, 4.69) is 33.0 Å². The Hall–Kier alpha value is -0.570. The van der Waals surface area contributed by atoms with Gasteiger partial charge in [0, 0.05) is 6.04 Å². The molecule has 2 bridgehead atoms. The molecule has 1 N–H and O–H groups in total. The molecule has 0 heterocycles. The van der Waals surface area contributed by atoms with E-state index < -0.39 is 0 Å². The summed E-state index contributed by atoms with van der Waals surface area (Å²) in [5.74, 6) is -0.133. The minimum Gasteiger partial charge on any atom is -0.465 e. The highest BCUT2D eigenvalue weighted by atomic mass is 16.5. The van der Waals surface area contributed by atoms with Crippen molar-refractivity contribution in [2.75, 3.05) is 13.2 Å². The molecule has 0 unspecified atom stereocenters. The molecule has 3 atom stereocenters. The van der Waals surface area contributed by atoms with Crippen LogP contribution >= 0.6 is 0 Å². The molecule has 0 radical (unpaired) electrons. The minimum absolute atomic E-state index is 0.133. The highest BCUT2D eigenvalue weighted by molar-refractivity contribution is 5.71. The van der Waals surface area contributed by atoms with Crippen molar-refractivity contribution in [2.24, 2.45) is 16.2 Å². The Kier molecular flexibility index (Phi) is 3.25. The Labute approximate surface area is 111 Å². The number of hydrogen-bond acceptors (Lipinski definition) is 3. The maximum Gasteiger partial charge on any atom is 0.319 e. The van der Waals surface area contributed by atoms with E-state index in [0.717, 1.165) is 0 Å². The Morgan fingerprint density at radius 2 is 1.94 bits per heavy atom. The average molecular weight is 253 g/mol. The Balaban J connectivity index is 2.03. The molecule has 3 nitrogen and oxygen atoms in total. The van der Waals surface area contributed by atoms with E-state index in [4.69, 9.17) is 4.74 Å². The van der Waals surface area contributed by atoms with E-state index in [-0.39, 0.29) is 5.97 Å². The van der Waals surface area contributed by atoms with Crippen molar-refractivity contribution in [1.82, 2.24) is 5.32 Å². The van der Waals surface area contributed by atoms with E-state index in [0.29, 0.717) is 35.4 Å². The molecule has 0 saturated heterocycles. The molecule has 0 aromatic heterocycles. The zero-order valence-electron chi connectivity index (χ0n) is 12.4. The molecular formula is C15H27NO2. The van der Waals surface area contributed by atoms with Gasteiger partial charge in [-0.05, 0) is 42.4 Å². The van der Waals surface area contributed by atoms with Crippen LogP contribution in [0.1, 0.15) is 53.9 Å². The van der Waals surface area contributed by atoms with Crippen LogP contribution in [0.2, 0.25) is 0 Å². The third-order valence-electron chi connectivity index (χ3n) is 6.35. The van der Waals surface area contributed by atoms with Crippen LogP contribution in [0.4, 0.5) is 0 Å². The van der Waals surface area contributed by atoms with Crippen LogP contribution in [-0.4, -0.2) is 25.2 Å². The smallest absolute Gasteiger partial charge is 0.319 e.